The van der Waals surface area contributed by atoms with E-state index >= 15 is 0 Å². The van der Waals surface area contributed by atoms with Gasteiger partial charge in [-0.3, -0.25) is 0 Å². The van der Waals surface area contributed by atoms with Crippen LogP contribution in [0, 0.1) is 0 Å². The highest BCUT2D eigenvalue weighted by Crippen LogP contribution is 2.34. The van der Waals surface area contributed by atoms with Crippen LogP contribution < -0.4 is 15.5 Å². The number of hydrogen-bond acceptors (Lipinski definition) is 5. The summed E-state index contributed by atoms with van der Waals surface area (Å²) in [5, 5.41) is 13.3. The monoisotopic (exact) mass is 443 g/mol. The molecule has 10 heteroatoms. The van der Waals surface area contributed by atoms with Crippen molar-refractivity contribution in [1.82, 2.24) is 10.2 Å². The van der Waals surface area contributed by atoms with Gasteiger partial charge in [-0.25, -0.2) is 4.79 Å². The Labute approximate surface area is 182 Å². The molecule has 1 saturated heterocycles. The quantitative estimate of drug-likeness (QED) is 0.614. The van der Waals surface area contributed by atoms with Crippen LogP contribution in [0.1, 0.15) is 5.56 Å². The Morgan fingerprint density at radius 3 is 2.28 bits per heavy atom. The summed E-state index contributed by atoms with van der Waals surface area (Å²) in [6.45, 7) is 2.86. The van der Waals surface area contributed by atoms with Crippen LogP contribution in [0.4, 0.5) is 35.2 Å². The molecule has 32 heavy (non-hydrogen) atoms. The van der Waals surface area contributed by atoms with Crippen LogP contribution in [0.3, 0.4) is 0 Å². The van der Waals surface area contributed by atoms with Gasteiger partial charge in [0.2, 0.25) is 0 Å². The van der Waals surface area contributed by atoms with Crippen LogP contribution in [-0.2, 0) is 10.9 Å². The summed E-state index contributed by atoms with van der Waals surface area (Å²) in [4.78, 5) is 14.3. The molecular formula is C22H20F3N5O2. The molecular weight excluding hydrogens is 423 g/mol. The summed E-state index contributed by atoms with van der Waals surface area (Å²) in [5.41, 5.74) is 0.652. The molecule has 1 fully saturated rings. The van der Waals surface area contributed by atoms with Crippen molar-refractivity contribution in [2.45, 2.75) is 6.18 Å². The van der Waals surface area contributed by atoms with Crippen molar-refractivity contribution in [2.24, 2.45) is 0 Å². The number of aromatic nitrogens is 2. The van der Waals surface area contributed by atoms with Crippen molar-refractivity contribution in [3.05, 3.63) is 66.2 Å². The fourth-order valence-electron chi connectivity index (χ4n) is 3.29. The minimum atomic E-state index is -4.57. The Hall–Kier alpha value is -3.66. The first kappa shape index (κ1) is 21.6. The third-order valence-electron chi connectivity index (χ3n) is 4.90. The predicted molar refractivity (Wildman–Crippen MR) is 115 cm³/mol. The van der Waals surface area contributed by atoms with Crippen molar-refractivity contribution >= 4 is 23.2 Å². The zero-order valence-corrected chi connectivity index (χ0v) is 16.9. The van der Waals surface area contributed by atoms with Gasteiger partial charge in [0.15, 0.2) is 5.82 Å². The van der Waals surface area contributed by atoms with Crippen LogP contribution in [-0.4, -0.2) is 42.5 Å². The molecule has 0 saturated carbocycles. The van der Waals surface area contributed by atoms with Gasteiger partial charge in [-0.05, 0) is 36.4 Å². The molecule has 2 heterocycles. The predicted octanol–water partition coefficient (Wildman–Crippen LogP) is 4.64. The summed E-state index contributed by atoms with van der Waals surface area (Å²) in [6, 6.07) is 14.6. The average Bonchev–Trinajstić information content (AvgIpc) is 2.80. The molecule has 0 unspecified atom stereocenters. The van der Waals surface area contributed by atoms with E-state index in [4.69, 9.17) is 4.74 Å². The lowest BCUT2D eigenvalue weighted by Crippen LogP contribution is -2.36. The van der Waals surface area contributed by atoms with Crippen molar-refractivity contribution in [1.29, 1.82) is 0 Å². The number of anilines is 3. The van der Waals surface area contributed by atoms with Crippen molar-refractivity contribution in [2.75, 3.05) is 41.8 Å². The second-order valence-corrected chi connectivity index (χ2v) is 7.08. The van der Waals surface area contributed by atoms with E-state index in [0.717, 1.165) is 30.5 Å². The van der Waals surface area contributed by atoms with E-state index < -0.39 is 17.8 Å². The summed E-state index contributed by atoms with van der Waals surface area (Å²) in [5.74, 6) is 0.783. The fourth-order valence-corrected chi connectivity index (χ4v) is 3.29. The van der Waals surface area contributed by atoms with Gasteiger partial charge in [0.25, 0.3) is 0 Å². The molecule has 2 aromatic carbocycles. The number of hydrogen-bond donors (Lipinski definition) is 2. The molecule has 2 amide bonds. The lowest BCUT2D eigenvalue weighted by Gasteiger charge is -2.27. The number of carbonyl (C=O) groups excluding carboxylic acids is 1. The van der Waals surface area contributed by atoms with E-state index in [1.165, 1.54) is 18.2 Å². The SMILES string of the molecule is O=C(Nc1ccc(-c2ccc(N3CCOCC3)nn2)cc1)Nc1ccccc1C(F)(F)F. The first-order valence-corrected chi connectivity index (χ1v) is 9.91. The third kappa shape index (κ3) is 5.14. The van der Waals surface area contributed by atoms with E-state index in [1.54, 1.807) is 24.3 Å². The summed E-state index contributed by atoms with van der Waals surface area (Å²) in [6.07, 6.45) is -4.57. The molecule has 0 aliphatic carbocycles. The maximum absolute atomic E-state index is 13.1. The summed E-state index contributed by atoms with van der Waals surface area (Å²) >= 11 is 0. The van der Waals surface area contributed by atoms with E-state index in [2.05, 4.69) is 25.7 Å². The molecule has 0 atom stereocenters. The molecule has 166 valence electrons. The van der Waals surface area contributed by atoms with Gasteiger partial charge in [0.05, 0.1) is 30.2 Å². The minimum Gasteiger partial charge on any atom is -0.378 e. The minimum absolute atomic E-state index is 0.315. The van der Waals surface area contributed by atoms with Gasteiger partial charge in [-0.2, -0.15) is 13.2 Å². The molecule has 0 radical (unpaired) electrons. The lowest BCUT2D eigenvalue weighted by molar-refractivity contribution is -0.136. The topological polar surface area (TPSA) is 79.4 Å². The van der Waals surface area contributed by atoms with E-state index in [1.807, 2.05) is 12.1 Å². The van der Waals surface area contributed by atoms with Gasteiger partial charge in [0, 0.05) is 24.3 Å². The lowest BCUT2D eigenvalue weighted by atomic mass is 10.1. The summed E-state index contributed by atoms with van der Waals surface area (Å²) in [7, 11) is 0. The number of nitrogens with one attached hydrogen (secondary N) is 2. The third-order valence-corrected chi connectivity index (χ3v) is 4.90. The Morgan fingerprint density at radius 1 is 0.906 bits per heavy atom. The average molecular weight is 443 g/mol. The molecule has 1 aromatic heterocycles. The first-order valence-electron chi connectivity index (χ1n) is 9.91. The number of benzene rings is 2. The second kappa shape index (κ2) is 9.23. The van der Waals surface area contributed by atoms with Gasteiger partial charge in [-0.1, -0.05) is 24.3 Å². The van der Waals surface area contributed by atoms with Crippen LogP contribution >= 0.6 is 0 Å². The highest BCUT2D eigenvalue weighted by molar-refractivity contribution is 6.00. The number of amides is 2. The van der Waals surface area contributed by atoms with Crippen molar-refractivity contribution < 1.29 is 22.7 Å². The number of carbonyl (C=O) groups is 1. The van der Waals surface area contributed by atoms with E-state index in [9.17, 15) is 18.0 Å². The van der Waals surface area contributed by atoms with Gasteiger partial charge < -0.3 is 20.3 Å². The van der Waals surface area contributed by atoms with Gasteiger partial charge in [0.1, 0.15) is 0 Å². The highest BCUT2D eigenvalue weighted by atomic mass is 19.4. The number of para-hydroxylation sites is 1. The standard InChI is InChI=1S/C22H20F3N5O2/c23-22(24,25)17-3-1-2-4-19(17)27-21(31)26-16-7-5-15(6-8-16)18-9-10-20(29-28-18)30-11-13-32-14-12-30/h1-10H,11-14H2,(H2,26,27,31). The number of rotatable bonds is 4. The molecule has 1 aliphatic rings. The molecule has 0 bridgehead atoms. The van der Waals surface area contributed by atoms with Crippen LogP contribution in [0.15, 0.2) is 60.7 Å². The first-order chi connectivity index (χ1) is 15.4. The zero-order valence-electron chi connectivity index (χ0n) is 16.9. The highest BCUT2D eigenvalue weighted by Gasteiger charge is 2.33. The van der Waals surface area contributed by atoms with Crippen LogP contribution in [0.5, 0.6) is 0 Å². The summed E-state index contributed by atoms with van der Waals surface area (Å²) < 4.78 is 44.5. The Morgan fingerprint density at radius 2 is 1.62 bits per heavy atom. The number of urea groups is 1. The largest absolute Gasteiger partial charge is 0.418 e. The molecule has 3 aromatic rings. The maximum atomic E-state index is 13.1. The Kier molecular flexibility index (Phi) is 6.22. The van der Waals surface area contributed by atoms with Gasteiger partial charge >= 0.3 is 12.2 Å². The molecule has 4 rings (SSSR count). The van der Waals surface area contributed by atoms with Gasteiger partial charge in [-0.15, -0.1) is 10.2 Å². The van der Waals surface area contributed by atoms with Crippen LogP contribution in [0.25, 0.3) is 11.3 Å². The second-order valence-electron chi connectivity index (χ2n) is 7.08. The molecule has 2 N–H and O–H groups in total. The molecule has 1 aliphatic heterocycles. The van der Waals surface area contributed by atoms with E-state index in [0.29, 0.717) is 24.6 Å². The maximum Gasteiger partial charge on any atom is 0.418 e. The van der Waals surface area contributed by atoms with Crippen molar-refractivity contribution in [3.8, 4) is 11.3 Å². The number of alkyl halides is 3. The van der Waals surface area contributed by atoms with Crippen LogP contribution in [0.2, 0.25) is 0 Å². The normalized spacial score (nSPS) is 14.2. The number of ether oxygens (including phenoxy) is 1. The number of nitrogens with zero attached hydrogens (tertiary/aromatic N) is 3. The smallest absolute Gasteiger partial charge is 0.378 e. The molecule has 0 spiro atoms. The Balaban J connectivity index is 1.39. The zero-order chi connectivity index (χ0) is 22.6. The molecule has 7 nitrogen and oxygen atoms in total. The number of halogens is 3. The number of morpholine rings is 1. The van der Waals surface area contributed by atoms with Crippen molar-refractivity contribution in [3.63, 3.8) is 0 Å². The Bertz CT molecular complexity index is 1070. The fraction of sp³-hybridized carbons (Fsp3) is 0.227. The van der Waals surface area contributed by atoms with E-state index in [-0.39, 0.29) is 5.69 Å².